The summed E-state index contributed by atoms with van der Waals surface area (Å²) < 4.78 is 42.9. The lowest BCUT2D eigenvalue weighted by atomic mass is 9.83. The molecule has 2 heterocycles. The van der Waals surface area contributed by atoms with Gasteiger partial charge >= 0.3 is 10.3 Å². The summed E-state index contributed by atoms with van der Waals surface area (Å²) in [6, 6.07) is 22.1. The average Bonchev–Trinajstić information content (AvgIpc) is 3.22. The molecule has 11 heteroatoms. The van der Waals surface area contributed by atoms with Crippen LogP contribution in [0.5, 0.6) is 11.5 Å². The first-order valence-corrected chi connectivity index (χ1v) is 13.8. The summed E-state index contributed by atoms with van der Waals surface area (Å²) in [5.74, 6) is 0.517. The van der Waals surface area contributed by atoms with E-state index in [2.05, 4.69) is 10.6 Å². The second-order valence-corrected chi connectivity index (χ2v) is 10.9. The van der Waals surface area contributed by atoms with Crippen molar-refractivity contribution in [3.8, 4) is 22.6 Å². The van der Waals surface area contributed by atoms with Gasteiger partial charge in [-0.05, 0) is 58.7 Å². The van der Waals surface area contributed by atoms with Crippen LogP contribution in [-0.4, -0.2) is 57.2 Å². The van der Waals surface area contributed by atoms with Gasteiger partial charge in [0.05, 0.1) is 20.3 Å². The molecular formula is C27H27N3O6S2. The van der Waals surface area contributed by atoms with Crippen molar-refractivity contribution in [2.75, 3.05) is 33.4 Å². The first-order valence-electron chi connectivity index (χ1n) is 12.0. The van der Waals surface area contributed by atoms with E-state index in [1.165, 1.54) is 4.31 Å². The van der Waals surface area contributed by atoms with E-state index in [1.807, 2.05) is 48.5 Å². The molecule has 2 N–H and O–H groups in total. The van der Waals surface area contributed by atoms with E-state index in [0.717, 1.165) is 22.4 Å². The molecule has 38 heavy (non-hydrogen) atoms. The van der Waals surface area contributed by atoms with Gasteiger partial charge in [0.1, 0.15) is 17.0 Å². The van der Waals surface area contributed by atoms with E-state index in [9.17, 15) is 13.2 Å². The Bertz CT molecular complexity index is 1470. The molecule has 0 aromatic heterocycles. The van der Waals surface area contributed by atoms with Crippen LogP contribution in [0.1, 0.15) is 11.1 Å². The molecule has 5 rings (SSSR count). The van der Waals surface area contributed by atoms with Crippen LogP contribution in [0.4, 0.5) is 0 Å². The Kier molecular flexibility index (Phi) is 7.35. The van der Waals surface area contributed by atoms with E-state index in [-0.39, 0.29) is 36.3 Å². The van der Waals surface area contributed by atoms with E-state index in [1.54, 1.807) is 31.4 Å². The normalized spacial score (nSPS) is 20.0. The highest BCUT2D eigenvalue weighted by Crippen LogP contribution is 2.33. The molecule has 2 saturated heterocycles. The lowest BCUT2D eigenvalue weighted by Crippen LogP contribution is -2.46. The topological polar surface area (TPSA) is 106 Å². The molecule has 2 aliphatic rings. The lowest BCUT2D eigenvalue weighted by molar-refractivity contribution is -0.124. The van der Waals surface area contributed by atoms with Crippen molar-refractivity contribution >= 4 is 33.5 Å². The molecule has 2 aliphatic heterocycles. The van der Waals surface area contributed by atoms with E-state index < -0.39 is 15.8 Å². The third-order valence-electron chi connectivity index (χ3n) is 6.56. The molecule has 3 aromatic carbocycles. The molecular weight excluding hydrogens is 526 g/mol. The minimum Gasteiger partial charge on any atom is -0.497 e. The average molecular weight is 554 g/mol. The van der Waals surface area contributed by atoms with Crippen LogP contribution in [0, 0.1) is 0 Å². The number of benzene rings is 3. The minimum absolute atomic E-state index is 0.103. The molecule has 2 fully saturated rings. The predicted octanol–water partition coefficient (Wildman–Crippen LogP) is 2.76. The van der Waals surface area contributed by atoms with Crippen LogP contribution >= 0.6 is 12.2 Å². The molecule has 9 nitrogen and oxygen atoms in total. The zero-order valence-corrected chi connectivity index (χ0v) is 22.3. The molecule has 198 valence electrons. The fraction of sp³-hybridized carbons (Fsp3) is 0.259. The fourth-order valence-electron chi connectivity index (χ4n) is 4.65. The minimum atomic E-state index is -4.03. The number of hydrogen-bond donors (Lipinski definition) is 2. The maximum absolute atomic E-state index is 13.3. The van der Waals surface area contributed by atoms with Gasteiger partial charge < -0.3 is 24.3 Å². The summed E-state index contributed by atoms with van der Waals surface area (Å²) in [7, 11) is -2.40. The number of hydrogen-bond acceptors (Lipinski definition) is 7. The predicted molar refractivity (Wildman–Crippen MR) is 146 cm³/mol. The Labute approximate surface area is 227 Å². The standard InChI is InChI=1S/C27H27N3O6S2/c1-34-23-9-3-7-21(16-23)20-6-2-5-19(15-20)18-27(25(31)28-26(37)29-27)22-8-4-10-24(17-22)36-38(32,33)30-11-13-35-14-12-30/h2-10,15-17H,11-14,18H2,1H3,(H2,28,29,31,37). The molecule has 0 aliphatic carbocycles. The van der Waals surface area contributed by atoms with Gasteiger partial charge in [-0.1, -0.05) is 48.5 Å². The summed E-state index contributed by atoms with van der Waals surface area (Å²) in [6.45, 7) is 1.05. The number of morpholine rings is 1. The number of carbonyl (C=O) groups is 1. The molecule has 1 unspecified atom stereocenters. The number of ether oxygens (including phenoxy) is 2. The zero-order valence-electron chi connectivity index (χ0n) is 20.7. The number of rotatable bonds is 8. The Morgan fingerprint density at radius 1 is 0.974 bits per heavy atom. The Morgan fingerprint density at radius 3 is 2.37 bits per heavy atom. The van der Waals surface area contributed by atoms with Crippen molar-refractivity contribution in [2.45, 2.75) is 12.0 Å². The van der Waals surface area contributed by atoms with Crippen LogP contribution in [0.25, 0.3) is 11.1 Å². The Morgan fingerprint density at radius 2 is 1.66 bits per heavy atom. The van der Waals surface area contributed by atoms with Gasteiger partial charge in [0.2, 0.25) is 0 Å². The smallest absolute Gasteiger partial charge is 0.385 e. The van der Waals surface area contributed by atoms with Gasteiger partial charge in [0, 0.05) is 19.5 Å². The second-order valence-electron chi connectivity index (χ2n) is 9.00. The van der Waals surface area contributed by atoms with Gasteiger partial charge in [-0.15, -0.1) is 0 Å². The molecule has 0 radical (unpaired) electrons. The lowest BCUT2D eigenvalue weighted by Gasteiger charge is -2.28. The maximum Gasteiger partial charge on any atom is 0.385 e. The summed E-state index contributed by atoms with van der Waals surface area (Å²) in [4.78, 5) is 13.3. The van der Waals surface area contributed by atoms with Gasteiger partial charge in [0.25, 0.3) is 5.91 Å². The second kappa shape index (κ2) is 10.7. The third kappa shape index (κ3) is 5.37. The number of amides is 1. The van der Waals surface area contributed by atoms with E-state index in [4.69, 9.17) is 25.9 Å². The van der Waals surface area contributed by atoms with Crippen molar-refractivity contribution in [2.24, 2.45) is 0 Å². The Hall–Kier alpha value is -3.51. The zero-order chi connectivity index (χ0) is 26.8. The molecule has 1 amide bonds. The first kappa shape index (κ1) is 26.1. The quantitative estimate of drug-likeness (QED) is 0.411. The fourth-order valence-corrected chi connectivity index (χ4v) is 5.96. The molecule has 3 aromatic rings. The summed E-state index contributed by atoms with van der Waals surface area (Å²) in [6.07, 6.45) is 0.260. The van der Waals surface area contributed by atoms with Crippen LogP contribution in [0.2, 0.25) is 0 Å². The highest BCUT2D eigenvalue weighted by Gasteiger charge is 2.46. The maximum atomic E-state index is 13.3. The van der Waals surface area contributed by atoms with E-state index >= 15 is 0 Å². The number of carbonyl (C=O) groups excluding carboxylic acids is 1. The number of thiocarbonyl (C=S) groups is 1. The molecule has 1 atom stereocenters. The SMILES string of the molecule is COc1cccc(-c2cccc(CC3(c4cccc(OS(=O)(=O)N5CCOCC5)c4)NC(=S)NC3=O)c2)c1. The van der Waals surface area contributed by atoms with Crippen LogP contribution in [0.3, 0.4) is 0 Å². The van der Waals surface area contributed by atoms with Crippen molar-refractivity contribution in [3.63, 3.8) is 0 Å². The highest BCUT2D eigenvalue weighted by molar-refractivity contribution is 7.84. The summed E-state index contributed by atoms with van der Waals surface area (Å²) >= 11 is 5.29. The van der Waals surface area contributed by atoms with Crippen LogP contribution in [-0.2, 0) is 31.8 Å². The third-order valence-corrected chi connectivity index (χ3v) is 8.16. The van der Waals surface area contributed by atoms with Gasteiger partial charge in [-0.25, -0.2) is 0 Å². The first-order chi connectivity index (χ1) is 18.3. The largest absolute Gasteiger partial charge is 0.497 e. The van der Waals surface area contributed by atoms with E-state index in [0.29, 0.717) is 18.8 Å². The monoisotopic (exact) mass is 553 g/mol. The number of nitrogens with one attached hydrogen (secondary N) is 2. The van der Waals surface area contributed by atoms with Crippen molar-refractivity contribution in [1.82, 2.24) is 14.9 Å². The molecule has 0 saturated carbocycles. The van der Waals surface area contributed by atoms with Crippen LogP contribution in [0.15, 0.2) is 72.8 Å². The summed E-state index contributed by atoms with van der Waals surface area (Å²) in [5, 5.41) is 6.02. The van der Waals surface area contributed by atoms with Crippen molar-refractivity contribution in [3.05, 3.63) is 83.9 Å². The molecule has 0 spiro atoms. The highest BCUT2D eigenvalue weighted by atomic mass is 32.2. The number of nitrogens with zero attached hydrogens (tertiary/aromatic N) is 1. The molecule has 0 bridgehead atoms. The van der Waals surface area contributed by atoms with Gasteiger partial charge in [0.15, 0.2) is 5.11 Å². The summed E-state index contributed by atoms with van der Waals surface area (Å²) in [5.41, 5.74) is 2.09. The van der Waals surface area contributed by atoms with Crippen molar-refractivity contribution < 1.29 is 26.9 Å². The van der Waals surface area contributed by atoms with Gasteiger partial charge in [-0.2, -0.15) is 12.7 Å². The van der Waals surface area contributed by atoms with Gasteiger partial charge in [-0.3, -0.25) is 4.79 Å². The van der Waals surface area contributed by atoms with Crippen LogP contribution < -0.4 is 19.6 Å². The Balaban J connectivity index is 1.47. The number of methoxy groups -OCH3 is 1. The van der Waals surface area contributed by atoms with Crippen molar-refractivity contribution in [1.29, 1.82) is 0 Å².